The summed E-state index contributed by atoms with van der Waals surface area (Å²) in [4.78, 5) is 45.7. The predicted molar refractivity (Wildman–Crippen MR) is 81.9 cm³/mol. The van der Waals surface area contributed by atoms with Gasteiger partial charge in [-0.2, -0.15) is 0 Å². The van der Waals surface area contributed by atoms with E-state index in [-0.39, 0.29) is 73.6 Å². The van der Waals surface area contributed by atoms with Crippen LogP contribution < -0.4 is 0 Å². The molecule has 0 saturated heterocycles. The Balaban J connectivity index is 1.46. The molecule has 24 heavy (non-hydrogen) atoms. The van der Waals surface area contributed by atoms with Crippen molar-refractivity contribution in [2.75, 3.05) is 26.4 Å². The van der Waals surface area contributed by atoms with Crippen molar-refractivity contribution >= 4 is 23.5 Å². The van der Waals surface area contributed by atoms with E-state index in [0.717, 1.165) is 6.42 Å². The van der Waals surface area contributed by atoms with Crippen molar-refractivity contribution in [2.45, 2.75) is 33.1 Å². The fraction of sp³-hybridized carbons (Fsp3) is 0.765. The molecule has 0 amide bonds. The summed E-state index contributed by atoms with van der Waals surface area (Å²) in [6, 6.07) is 0. The van der Waals surface area contributed by atoms with Crippen LogP contribution in [0.15, 0.2) is 0 Å². The lowest BCUT2D eigenvalue weighted by molar-refractivity contribution is -0.159. The van der Waals surface area contributed by atoms with Gasteiger partial charge in [0, 0.05) is 11.8 Å². The minimum atomic E-state index is -0.356. The zero-order valence-corrected chi connectivity index (χ0v) is 14.1. The van der Waals surface area contributed by atoms with E-state index in [2.05, 4.69) is 0 Å². The van der Waals surface area contributed by atoms with Gasteiger partial charge in [-0.15, -0.1) is 0 Å². The minimum absolute atomic E-state index is 0.0218. The molecule has 134 valence electrons. The van der Waals surface area contributed by atoms with Crippen molar-refractivity contribution in [2.24, 2.45) is 23.7 Å². The molecule has 7 heteroatoms. The van der Waals surface area contributed by atoms with Crippen LogP contribution in [0.25, 0.3) is 0 Å². The predicted octanol–water partition coefficient (Wildman–Crippen LogP) is 0.930. The van der Waals surface area contributed by atoms with Crippen molar-refractivity contribution < 1.29 is 33.4 Å². The second-order valence-electron chi connectivity index (χ2n) is 6.41. The largest absolute Gasteiger partial charge is 0.463 e. The molecule has 2 fully saturated rings. The number of carbonyl (C=O) groups is 4. The molecule has 2 rings (SSSR count). The maximum absolute atomic E-state index is 11.8. The quantitative estimate of drug-likeness (QED) is 0.431. The Kier molecular flexibility index (Phi) is 6.48. The number of Topliss-reactive ketones (excluding diaryl/α,β-unsaturated/α-hetero) is 2. The Morgan fingerprint density at radius 1 is 0.708 bits per heavy atom. The third kappa shape index (κ3) is 4.87. The summed E-state index contributed by atoms with van der Waals surface area (Å²) in [6.45, 7) is 3.62. The molecule has 0 aromatic carbocycles. The van der Waals surface area contributed by atoms with Crippen molar-refractivity contribution in [3.8, 4) is 0 Å². The van der Waals surface area contributed by atoms with Gasteiger partial charge in [0.2, 0.25) is 0 Å². The van der Waals surface area contributed by atoms with Crippen LogP contribution in [0, 0.1) is 23.7 Å². The number of carbonyl (C=O) groups excluding carboxylic acids is 4. The summed E-state index contributed by atoms with van der Waals surface area (Å²) in [7, 11) is 0. The molecule has 2 aliphatic carbocycles. The highest BCUT2D eigenvalue weighted by molar-refractivity contribution is 5.90. The van der Waals surface area contributed by atoms with Crippen molar-refractivity contribution in [1.82, 2.24) is 0 Å². The first kappa shape index (κ1) is 18.6. The molecular weight excluding hydrogens is 316 g/mol. The number of rotatable bonds is 10. The number of hydrogen-bond donors (Lipinski definition) is 0. The average Bonchev–Trinajstić information content (AvgIpc) is 3.24. The lowest BCUT2D eigenvalue weighted by Crippen LogP contribution is -2.38. The molecule has 0 aromatic rings. The van der Waals surface area contributed by atoms with E-state index < -0.39 is 0 Å². The molecule has 0 radical (unpaired) electrons. The summed E-state index contributed by atoms with van der Waals surface area (Å²) in [5, 5.41) is 0. The van der Waals surface area contributed by atoms with E-state index in [4.69, 9.17) is 14.2 Å². The van der Waals surface area contributed by atoms with Gasteiger partial charge in [-0.25, -0.2) is 0 Å². The second kappa shape index (κ2) is 8.37. The molecule has 0 aromatic heterocycles. The van der Waals surface area contributed by atoms with Gasteiger partial charge in [0.15, 0.2) is 0 Å². The Morgan fingerprint density at radius 3 is 1.62 bits per heavy atom. The highest BCUT2D eigenvalue weighted by Crippen LogP contribution is 2.40. The highest BCUT2D eigenvalue weighted by Gasteiger charge is 2.47. The molecule has 0 spiro atoms. The van der Waals surface area contributed by atoms with E-state index >= 15 is 0 Å². The number of esters is 2. The molecule has 0 aliphatic heterocycles. The summed E-state index contributed by atoms with van der Waals surface area (Å²) in [5.74, 6) is -1.62. The minimum Gasteiger partial charge on any atom is -0.463 e. The summed E-state index contributed by atoms with van der Waals surface area (Å²) in [5.41, 5.74) is 0. The van der Waals surface area contributed by atoms with E-state index in [1.165, 1.54) is 13.8 Å². The molecule has 0 N–H and O–H groups in total. The third-order valence-corrected chi connectivity index (χ3v) is 4.66. The molecule has 0 unspecified atom stereocenters. The first-order valence-corrected chi connectivity index (χ1v) is 8.33. The number of ether oxygens (including phenoxy) is 3. The van der Waals surface area contributed by atoms with Gasteiger partial charge in [-0.3, -0.25) is 19.2 Å². The summed E-state index contributed by atoms with van der Waals surface area (Å²) in [6.07, 6.45) is 2.03. The van der Waals surface area contributed by atoms with E-state index in [1.54, 1.807) is 0 Å². The fourth-order valence-electron chi connectivity index (χ4n) is 2.89. The van der Waals surface area contributed by atoms with Crippen molar-refractivity contribution in [3.05, 3.63) is 0 Å². The Morgan fingerprint density at radius 2 is 1.21 bits per heavy atom. The molecule has 4 atom stereocenters. The van der Waals surface area contributed by atoms with Gasteiger partial charge in [-0.05, 0) is 33.1 Å². The van der Waals surface area contributed by atoms with Gasteiger partial charge in [-0.1, -0.05) is 0 Å². The molecular formula is C17H24O7. The first-order valence-electron chi connectivity index (χ1n) is 8.33. The average molecular weight is 340 g/mol. The van der Waals surface area contributed by atoms with Gasteiger partial charge in [0.05, 0.1) is 25.0 Å². The topological polar surface area (TPSA) is 96.0 Å². The van der Waals surface area contributed by atoms with Crippen LogP contribution in [0.2, 0.25) is 0 Å². The van der Waals surface area contributed by atoms with Crippen LogP contribution >= 0.6 is 0 Å². The van der Waals surface area contributed by atoms with Crippen LogP contribution in [0.5, 0.6) is 0 Å². The third-order valence-electron chi connectivity index (χ3n) is 4.66. The van der Waals surface area contributed by atoms with Gasteiger partial charge >= 0.3 is 11.9 Å². The standard InChI is InChI=1S/C17H24O7/c1-10(18)12-3-4-13(12)16(20)23-7-5-22-6-8-24-17(21)15-9-14(15)11(2)19/h12-15H,3-9H2,1-2H3/t12-,13+,14+,15-/m1/s1. The van der Waals surface area contributed by atoms with Crippen LogP contribution in [-0.4, -0.2) is 49.9 Å². The molecule has 0 heterocycles. The van der Waals surface area contributed by atoms with Gasteiger partial charge in [0.25, 0.3) is 0 Å². The maximum atomic E-state index is 11.8. The smallest absolute Gasteiger partial charge is 0.309 e. The number of hydrogen-bond acceptors (Lipinski definition) is 7. The molecule has 0 bridgehead atoms. The molecule has 2 saturated carbocycles. The first-order chi connectivity index (χ1) is 11.4. The zero-order valence-electron chi connectivity index (χ0n) is 14.1. The lowest BCUT2D eigenvalue weighted by Gasteiger charge is -2.32. The summed E-state index contributed by atoms with van der Waals surface area (Å²) >= 11 is 0. The summed E-state index contributed by atoms with van der Waals surface area (Å²) < 4.78 is 15.3. The van der Waals surface area contributed by atoms with E-state index in [9.17, 15) is 19.2 Å². The lowest BCUT2D eigenvalue weighted by atomic mass is 9.72. The van der Waals surface area contributed by atoms with E-state index in [1.807, 2.05) is 0 Å². The van der Waals surface area contributed by atoms with Gasteiger partial charge < -0.3 is 14.2 Å². The zero-order chi connectivity index (χ0) is 17.7. The van der Waals surface area contributed by atoms with Gasteiger partial charge in [0.1, 0.15) is 24.8 Å². The second-order valence-corrected chi connectivity index (χ2v) is 6.41. The SMILES string of the molecule is CC(=O)[C@H]1CC[C@@H]1C(=O)OCCOCCOC(=O)[C@@H]1C[C@H]1C(C)=O. The Labute approximate surface area is 141 Å². The van der Waals surface area contributed by atoms with Crippen LogP contribution in [0.1, 0.15) is 33.1 Å². The van der Waals surface area contributed by atoms with E-state index in [0.29, 0.717) is 12.8 Å². The number of ketones is 2. The van der Waals surface area contributed by atoms with Crippen LogP contribution in [0.4, 0.5) is 0 Å². The maximum Gasteiger partial charge on any atom is 0.309 e. The van der Waals surface area contributed by atoms with Crippen molar-refractivity contribution in [1.29, 1.82) is 0 Å². The Hall–Kier alpha value is -1.76. The highest BCUT2D eigenvalue weighted by atomic mass is 16.6. The van der Waals surface area contributed by atoms with Crippen molar-refractivity contribution in [3.63, 3.8) is 0 Å². The Bertz CT molecular complexity index is 513. The van der Waals surface area contributed by atoms with Crippen LogP contribution in [-0.2, 0) is 33.4 Å². The molecule has 2 aliphatic rings. The molecule has 7 nitrogen and oxygen atoms in total. The van der Waals surface area contributed by atoms with Crippen LogP contribution in [0.3, 0.4) is 0 Å². The monoisotopic (exact) mass is 340 g/mol. The fourth-order valence-corrected chi connectivity index (χ4v) is 2.89. The normalized spacial score (nSPS) is 27.8.